The zero-order valence-electron chi connectivity index (χ0n) is 9.74. The molecule has 2 nitrogen and oxygen atoms in total. The fourth-order valence-corrected chi connectivity index (χ4v) is 2.73. The van der Waals surface area contributed by atoms with E-state index in [-0.39, 0.29) is 5.82 Å². The molecule has 17 heavy (non-hydrogen) atoms. The van der Waals surface area contributed by atoms with Crippen molar-refractivity contribution in [3.05, 3.63) is 35.8 Å². The van der Waals surface area contributed by atoms with Crippen molar-refractivity contribution in [1.29, 1.82) is 0 Å². The van der Waals surface area contributed by atoms with Crippen molar-refractivity contribution in [3.8, 4) is 0 Å². The summed E-state index contributed by atoms with van der Waals surface area (Å²) >= 11 is 0. The molecule has 0 aliphatic heterocycles. The Morgan fingerprint density at radius 2 is 2.24 bits per heavy atom. The Kier molecular flexibility index (Phi) is 2.26. The lowest BCUT2D eigenvalue weighted by molar-refractivity contribution is 0.0201. The molecule has 2 atom stereocenters. The number of halogens is 1. The Morgan fingerprint density at radius 1 is 1.41 bits per heavy atom. The molecule has 0 spiro atoms. The lowest BCUT2D eigenvalue weighted by atomic mass is 9.97. The lowest BCUT2D eigenvalue weighted by Gasteiger charge is -2.19. The Labute approximate surface area is 99.1 Å². The van der Waals surface area contributed by atoms with Gasteiger partial charge in [-0.15, -0.1) is 0 Å². The maximum atomic E-state index is 13.1. The third-order valence-electron chi connectivity index (χ3n) is 3.67. The van der Waals surface area contributed by atoms with E-state index in [2.05, 4.69) is 6.92 Å². The highest BCUT2D eigenvalue weighted by atomic mass is 19.1. The summed E-state index contributed by atoms with van der Waals surface area (Å²) in [6.07, 6.45) is 2.44. The van der Waals surface area contributed by atoms with E-state index in [1.807, 2.05) is 0 Å². The van der Waals surface area contributed by atoms with Gasteiger partial charge in [-0.05, 0) is 49.4 Å². The summed E-state index contributed by atoms with van der Waals surface area (Å²) in [6, 6.07) is 6.17. The van der Waals surface area contributed by atoms with Gasteiger partial charge < -0.3 is 9.52 Å². The molecule has 3 rings (SSSR count). The highest BCUT2D eigenvalue weighted by Gasteiger charge is 2.39. The van der Waals surface area contributed by atoms with Gasteiger partial charge in [0.25, 0.3) is 0 Å². The number of hydrogen-bond donors (Lipinski definition) is 1. The SMILES string of the molecule is CC1CCC(O)(c2cc3cc(F)ccc3o2)C1. The van der Waals surface area contributed by atoms with Crippen LogP contribution in [0.5, 0.6) is 0 Å². The number of rotatable bonds is 1. The van der Waals surface area contributed by atoms with Crippen LogP contribution in [0.1, 0.15) is 31.9 Å². The third-order valence-corrected chi connectivity index (χ3v) is 3.67. The average molecular weight is 234 g/mol. The Hall–Kier alpha value is -1.35. The van der Waals surface area contributed by atoms with Gasteiger partial charge in [-0.3, -0.25) is 0 Å². The van der Waals surface area contributed by atoms with Crippen LogP contribution in [0.3, 0.4) is 0 Å². The summed E-state index contributed by atoms with van der Waals surface area (Å²) in [7, 11) is 0. The van der Waals surface area contributed by atoms with Gasteiger partial charge in [-0.2, -0.15) is 0 Å². The monoisotopic (exact) mass is 234 g/mol. The molecular weight excluding hydrogens is 219 g/mol. The van der Waals surface area contributed by atoms with Crippen molar-refractivity contribution in [2.45, 2.75) is 31.8 Å². The van der Waals surface area contributed by atoms with E-state index >= 15 is 0 Å². The lowest BCUT2D eigenvalue weighted by Crippen LogP contribution is -2.20. The van der Waals surface area contributed by atoms with Gasteiger partial charge in [0.1, 0.15) is 22.8 Å². The summed E-state index contributed by atoms with van der Waals surface area (Å²) in [4.78, 5) is 0. The molecule has 1 saturated carbocycles. The molecule has 90 valence electrons. The Morgan fingerprint density at radius 3 is 2.94 bits per heavy atom. The molecule has 1 heterocycles. The molecule has 2 aromatic rings. The first-order valence-electron chi connectivity index (χ1n) is 5.99. The predicted octanol–water partition coefficient (Wildman–Crippen LogP) is 3.58. The maximum Gasteiger partial charge on any atom is 0.136 e. The zero-order chi connectivity index (χ0) is 12.0. The molecule has 1 fully saturated rings. The minimum atomic E-state index is -0.866. The van der Waals surface area contributed by atoms with Crippen LogP contribution in [0.4, 0.5) is 4.39 Å². The van der Waals surface area contributed by atoms with Gasteiger partial charge in [0, 0.05) is 5.39 Å². The van der Waals surface area contributed by atoms with Crippen LogP contribution < -0.4 is 0 Å². The fourth-order valence-electron chi connectivity index (χ4n) is 2.73. The van der Waals surface area contributed by atoms with E-state index in [9.17, 15) is 9.50 Å². The van der Waals surface area contributed by atoms with Crippen molar-refractivity contribution in [3.63, 3.8) is 0 Å². The largest absolute Gasteiger partial charge is 0.458 e. The minimum Gasteiger partial charge on any atom is -0.458 e. The molecule has 1 aliphatic carbocycles. The van der Waals surface area contributed by atoms with Gasteiger partial charge in [-0.1, -0.05) is 6.92 Å². The molecule has 1 aromatic carbocycles. The number of aliphatic hydroxyl groups is 1. The predicted molar refractivity (Wildman–Crippen MR) is 63.1 cm³/mol. The van der Waals surface area contributed by atoms with Crippen LogP contribution in [0.25, 0.3) is 11.0 Å². The van der Waals surface area contributed by atoms with E-state index in [1.165, 1.54) is 12.1 Å². The Balaban J connectivity index is 2.06. The molecule has 0 saturated heterocycles. The van der Waals surface area contributed by atoms with E-state index in [4.69, 9.17) is 4.42 Å². The van der Waals surface area contributed by atoms with E-state index in [0.29, 0.717) is 22.6 Å². The zero-order valence-corrected chi connectivity index (χ0v) is 9.74. The molecule has 3 heteroatoms. The normalized spacial score (nSPS) is 29.0. The highest BCUT2D eigenvalue weighted by molar-refractivity contribution is 5.78. The fraction of sp³-hybridized carbons (Fsp3) is 0.429. The maximum absolute atomic E-state index is 13.1. The first kappa shape index (κ1) is 10.8. The van der Waals surface area contributed by atoms with E-state index in [1.54, 1.807) is 12.1 Å². The van der Waals surface area contributed by atoms with Crippen LogP contribution in [0.15, 0.2) is 28.7 Å². The van der Waals surface area contributed by atoms with Gasteiger partial charge in [0.2, 0.25) is 0 Å². The first-order valence-corrected chi connectivity index (χ1v) is 5.99. The second-order valence-corrected chi connectivity index (χ2v) is 5.17. The van der Waals surface area contributed by atoms with Crippen molar-refractivity contribution in [1.82, 2.24) is 0 Å². The molecule has 0 amide bonds. The molecular formula is C14H15FO2. The summed E-state index contributed by atoms with van der Waals surface area (Å²) in [6.45, 7) is 2.13. The minimum absolute atomic E-state index is 0.281. The summed E-state index contributed by atoms with van der Waals surface area (Å²) in [5, 5.41) is 11.2. The second kappa shape index (κ2) is 3.57. The Bertz CT molecular complexity index is 560. The molecule has 0 bridgehead atoms. The smallest absolute Gasteiger partial charge is 0.136 e. The number of benzene rings is 1. The topological polar surface area (TPSA) is 33.4 Å². The molecule has 1 aliphatic rings. The van der Waals surface area contributed by atoms with E-state index in [0.717, 1.165) is 19.3 Å². The molecule has 1 N–H and O–H groups in total. The van der Waals surface area contributed by atoms with Crippen LogP contribution in [-0.4, -0.2) is 5.11 Å². The molecule has 0 radical (unpaired) electrons. The summed E-state index contributed by atoms with van der Waals surface area (Å²) in [5.41, 5.74) is -0.232. The van der Waals surface area contributed by atoms with Crippen LogP contribution in [-0.2, 0) is 5.60 Å². The van der Waals surface area contributed by atoms with Gasteiger partial charge in [-0.25, -0.2) is 4.39 Å². The van der Waals surface area contributed by atoms with Crippen molar-refractivity contribution in [2.75, 3.05) is 0 Å². The number of furan rings is 1. The third kappa shape index (κ3) is 1.75. The van der Waals surface area contributed by atoms with Crippen molar-refractivity contribution in [2.24, 2.45) is 5.92 Å². The summed E-state index contributed by atoms with van der Waals surface area (Å²) < 4.78 is 18.7. The van der Waals surface area contributed by atoms with E-state index < -0.39 is 5.60 Å². The standard InChI is InChI=1S/C14H15FO2/c1-9-4-5-14(16,8-9)13-7-10-6-11(15)2-3-12(10)17-13/h2-3,6-7,9,16H,4-5,8H2,1H3. The van der Waals surface area contributed by atoms with Crippen molar-refractivity contribution >= 4 is 11.0 Å². The van der Waals surface area contributed by atoms with Gasteiger partial charge in [0.15, 0.2) is 0 Å². The second-order valence-electron chi connectivity index (χ2n) is 5.17. The molecule has 1 aromatic heterocycles. The molecule has 2 unspecified atom stereocenters. The number of hydrogen-bond acceptors (Lipinski definition) is 2. The quantitative estimate of drug-likeness (QED) is 0.818. The first-order chi connectivity index (χ1) is 8.07. The van der Waals surface area contributed by atoms with Crippen LogP contribution >= 0.6 is 0 Å². The van der Waals surface area contributed by atoms with Crippen LogP contribution in [0, 0.1) is 11.7 Å². The average Bonchev–Trinajstić information content (AvgIpc) is 2.83. The highest BCUT2D eigenvalue weighted by Crippen LogP contribution is 2.43. The summed E-state index contributed by atoms with van der Waals surface area (Å²) in [5.74, 6) is 0.795. The van der Waals surface area contributed by atoms with Gasteiger partial charge >= 0.3 is 0 Å². The van der Waals surface area contributed by atoms with Crippen LogP contribution in [0.2, 0.25) is 0 Å². The van der Waals surface area contributed by atoms with Gasteiger partial charge in [0.05, 0.1) is 0 Å². The number of fused-ring (bicyclic) bond motifs is 1. The van der Waals surface area contributed by atoms with Crippen molar-refractivity contribution < 1.29 is 13.9 Å².